The Bertz CT molecular complexity index is 1060. The Labute approximate surface area is 182 Å². The molecule has 1 aliphatic carbocycles. The summed E-state index contributed by atoms with van der Waals surface area (Å²) in [7, 11) is -1.97. The molecule has 3 aromatic rings. The second kappa shape index (κ2) is 8.65. The van der Waals surface area contributed by atoms with Crippen molar-refractivity contribution >= 4 is 24.5 Å². The van der Waals surface area contributed by atoms with Crippen LogP contribution in [0, 0.1) is 13.8 Å². The van der Waals surface area contributed by atoms with Crippen molar-refractivity contribution in [3.8, 4) is 5.75 Å². The fraction of sp³-hybridized carbons (Fsp3) is 0.286. The van der Waals surface area contributed by atoms with E-state index < -0.39 is 8.07 Å². The number of fused-ring (bicyclic) bond motifs is 1. The first-order valence-electron chi connectivity index (χ1n) is 11.2. The zero-order valence-electron chi connectivity index (χ0n) is 18.7. The van der Waals surface area contributed by atoms with Gasteiger partial charge in [-0.3, -0.25) is 0 Å². The molecule has 1 aliphatic rings. The lowest BCUT2D eigenvalue weighted by atomic mass is 10.1. The molecule has 0 saturated carbocycles. The predicted octanol–water partition coefficient (Wildman–Crippen LogP) is 6.05. The average molecular weight is 413 g/mol. The fourth-order valence-corrected chi connectivity index (χ4v) is 9.79. The minimum absolute atomic E-state index is 0.614. The van der Waals surface area contributed by atoms with Crippen molar-refractivity contribution in [1.29, 1.82) is 0 Å². The van der Waals surface area contributed by atoms with E-state index in [0.29, 0.717) is 6.61 Å². The molecule has 0 aliphatic heterocycles. The molecule has 0 unspecified atom stereocenters. The van der Waals surface area contributed by atoms with Crippen LogP contribution in [0.5, 0.6) is 5.75 Å². The second-order valence-electron chi connectivity index (χ2n) is 8.51. The van der Waals surface area contributed by atoms with Crippen molar-refractivity contribution in [3.05, 3.63) is 94.6 Å². The van der Waals surface area contributed by atoms with E-state index in [1.165, 1.54) is 45.1 Å². The van der Waals surface area contributed by atoms with Crippen LogP contribution in [0.1, 0.15) is 41.7 Å². The van der Waals surface area contributed by atoms with Crippen LogP contribution in [0.15, 0.2) is 66.7 Å². The average Bonchev–Trinajstić information content (AvgIpc) is 3.24. The normalized spacial score (nSPS) is 12.8. The van der Waals surface area contributed by atoms with Crippen LogP contribution < -0.4 is 15.1 Å². The van der Waals surface area contributed by atoms with Gasteiger partial charge in [0, 0.05) is 0 Å². The molecule has 154 valence electrons. The maximum atomic E-state index is 6.58. The van der Waals surface area contributed by atoms with Crippen LogP contribution in [-0.2, 0) is 13.0 Å². The Kier molecular flexibility index (Phi) is 5.96. The Morgan fingerprint density at radius 3 is 2.37 bits per heavy atom. The highest BCUT2D eigenvalue weighted by molar-refractivity contribution is 7.03. The minimum Gasteiger partial charge on any atom is -0.489 e. The quantitative estimate of drug-likeness (QED) is 0.429. The molecular weight excluding hydrogens is 380 g/mol. The summed E-state index contributed by atoms with van der Waals surface area (Å²) in [5.74, 6) is 1.11. The number of allylic oxidation sites excluding steroid dienone is 1. The first-order valence-corrected chi connectivity index (χ1v) is 13.6. The zero-order chi connectivity index (χ0) is 21.1. The predicted molar refractivity (Wildman–Crippen MR) is 132 cm³/mol. The van der Waals surface area contributed by atoms with Crippen LogP contribution in [0.2, 0.25) is 12.1 Å². The Morgan fingerprint density at radius 2 is 1.63 bits per heavy atom. The smallest absolute Gasteiger partial charge is 0.123 e. The number of ether oxygens (including phenoxy) is 1. The molecule has 0 atom stereocenters. The molecule has 2 heteroatoms. The van der Waals surface area contributed by atoms with Crippen molar-refractivity contribution in [2.75, 3.05) is 0 Å². The molecular formula is C28H32OSi. The highest BCUT2D eigenvalue weighted by Crippen LogP contribution is 2.29. The third-order valence-electron chi connectivity index (χ3n) is 6.70. The summed E-state index contributed by atoms with van der Waals surface area (Å²) in [5.41, 5.74) is 6.75. The standard InChI is InChI=1S/C28H32OSi/c1-5-30(6-2,26-17-11-15-24-14-10-16-25(24)26)27-19-21(3)18-22(4)28(27)29-20-23-12-8-7-9-13-23/h7-13,15-19H,5-6,14,20H2,1-4H3. The molecule has 0 radical (unpaired) electrons. The minimum atomic E-state index is -1.97. The summed E-state index contributed by atoms with van der Waals surface area (Å²) in [5, 5.41) is 3.04. The number of hydrogen-bond acceptors (Lipinski definition) is 1. The van der Waals surface area contributed by atoms with Gasteiger partial charge in [0.05, 0.1) is 0 Å². The van der Waals surface area contributed by atoms with E-state index in [4.69, 9.17) is 4.74 Å². The van der Waals surface area contributed by atoms with Gasteiger partial charge in [-0.1, -0.05) is 104 Å². The lowest BCUT2D eigenvalue weighted by Gasteiger charge is -2.35. The van der Waals surface area contributed by atoms with Crippen LogP contribution in [-0.4, -0.2) is 8.07 Å². The van der Waals surface area contributed by atoms with Crippen molar-refractivity contribution in [3.63, 3.8) is 0 Å². The monoisotopic (exact) mass is 412 g/mol. The molecule has 0 amide bonds. The highest BCUT2D eigenvalue weighted by Gasteiger charge is 2.39. The van der Waals surface area contributed by atoms with E-state index in [2.05, 4.69) is 101 Å². The largest absolute Gasteiger partial charge is 0.489 e. The van der Waals surface area contributed by atoms with Gasteiger partial charge in [-0.25, -0.2) is 0 Å². The summed E-state index contributed by atoms with van der Waals surface area (Å²) in [6.45, 7) is 9.80. The van der Waals surface area contributed by atoms with E-state index in [0.717, 1.165) is 12.2 Å². The third kappa shape index (κ3) is 3.65. The van der Waals surface area contributed by atoms with Gasteiger partial charge in [-0.05, 0) is 52.9 Å². The molecule has 30 heavy (non-hydrogen) atoms. The van der Waals surface area contributed by atoms with Crippen LogP contribution in [0.25, 0.3) is 6.08 Å². The molecule has 3 aromatic carbocycles. The number of hydrogen-bond donors (Lipinski definition) is 0. The third-order valence-corrected chi connectivity index (χ3v) is 12.0. The molecule has 0 N–H and O–H groups in total. The SMILES string of the molecule is CC[Si](CC)(c1cccc2c1C=CC2)c1cc(C)cc(C)c1OCc1ccccc1. The first kappa shape index (κ1) is 20.7. The van der Waals surface area contributed by atoms with E-state index in [1.54, 1.807) is 5.19 Å². The Morgan fingerprint density at radius 1 is 0.867 bits per heavy atom. The molecule has 1 nitrogen and oxygen atoms in total. The molecule has 0 heterocycles. The van der Waals surface area contributed by atoms with Crippen molar-refractivity contribution < 1.29 is 4.74 Å². The summed E-state index contributed by atoms with van der Waals surface area (Å²) in [4.78, 5) is 0. The number of benzene rings is 3. The molecule has 0 aromatic heterocycles. The number of rotatable bonds is 7. The van der Waals surface area contributed by atoms with Crippen molar-refractivity contribution in [2.24, 2.45) is 0 Å². The van der Waals surface area contributed by atoms with Crippen LogP contribution in [0.3, 0.4) is 0 Å². The molecule has 0 fully saturated rings. The van der Waals surface area contributed by atoms with Gasteiger partial charge >= 0.3 is 0 Å². The summed E-state index contributed by atoms with van der Waals surface area (Å²) in [6.07, 6.45) is 5.73. The van der Waals surface area contributed by atoms with Gasteiger partial charge in [0.1, 0.15) is 20.4 Å². The maximum Gasteiger partial charge on any atom is 0.123 e. The molecule has 0 saturated heterocycles. The molecule has 0 bridgehead atoms. The van der Waals surface area contributed by atoms with Gasteiger partial charge in [0.15, 0.2) is 0 Å². The Balaban J connectivity index is 1.86. The van der Waals surface area contributed by atoms with E-state index >= 15 is 0 Å². The topological polar surface area (TPSA) is 9.23 Å². The lowest BCUT2D eigenvalue weighted by Crippen LogP contribution is -2.58. The van der Waals surface area contributed by atoms with Gasteiger partial charge in [0.25, 0.3) is 0 Å². The van der Waals surface area contributed by atoms with E-state index in [1.807, 2.05) is 0 Å². The summed E-state index contributed by atoms with van der Waals surface area (Å²) >= 11 is 0. The van der Waals surface area contributed by atoms with Crippen LogP contribution >= 0.6 is 0 Å². The van der Waals surface area contributed by atoms with Crippen molar-refractivity contribution in [1.82, 2.24) is 0 Å². The van der Waals surface area contributed by atoms with Crippen LogP contribution in [0.4, 0.5) is 0 Å². The number of aryl methyl sites for hydroxylation is 2. The van der Waals surface area contributed by atoms with Gasteiger partial charge in [-0.15, -0.1) is 0 Å². The summed E-state index contributed by atoms with van der Waals surface area (Å²) < 4.78 is 6.58. The Hall–Kier alpha value is -2.58. The fourth-order valence-electron chi connectivity index (χ4n) is 5.10. The summed E-state index contributed by atoms with van der Waals surface area (Å²) in [6, 6.07) is 24.5. The van der Waals surface area contributed by atoms with Gasteiger partial charge in [0.2, 0.25) is 0 Å². The maximum absolute atomic E-state index is 6.58. The highest BCUT2D eigenvalue weighted by atomic mass is 28.3. The van der Waals surface area contributed by atoms with E-state index in [9.17, 15) is 0 Å². The van der Waals surface area contributed by atoms with Crippen molar-refractivity contribution in [2.45, 2.75) is 52.8 Å². The molecule has 4 rings (SSSR count). The lowest BCUT2D eigenvalue weighted by molar-refractivity contribution is 0.306. The van der Waals surface area contributed by atoms with E-state index in [-0.39, 0.29) is 0 Å². The van der Waals surface area contributed by atoms with Gasteiger partial charge < -0.3 is 4.74 Å². The zero-order valence-corrected chi connectivity index (χ0v) is 19.7. The first-order chi connectivity index (χ1) is 14.6. The molecule has 0 spiro atoms. The second-order valence-corrected chi connectivity index (χ2v) is 13.2. The van der Waals surface area contributed by atoms with Gasteiger partial charge in [-0.2, -0.15) is 0 Å².